The summed E-state index contributed by atoms with van der Waals surface area (Å²) in [7, 11) is -0.871. The number of aromatic nitrogens is 1. The number of nitrogens with one attached hydrogen (secondary N) is 2. The van der Waals surface area contributed by atoms with Crippen molar-refractivity contribution in [2.75, 3.05) is 24.3 Å². The molecule has 1 aromatic heterocycles. The van der Waals surface area contributed by atoms with Gasteiger partial charge in [0.25, 0.3) is 10.0 Å². The minimum absolute atomic E-state index is 0.0539. The normalized spacial score (nSPS) is 10.9. The first-order valence-electron chi connectivity index (χ1n) is 8.50. The third kappa shape index (κ3) is 4.72. The predicted octanol–water partition coefficient (Wildman–Crippen LogP) is 3.51. The maximum absolute atomic E-state index is 12.6. The van der Waals surface area contributed by atoms with Crippen molar-refractivity contribution in [1.82, 2.24) is 4.98 Å². The second-order valence-corrected chi connectivity index (χ2v) is 7.58. The Labute approximate surface area is 164 Å². The second-order valence-electron chi connectivity index (χ2n) is 5.89. The van der Waals surface area contributed by atoms with Crippen molar-refractivity contribution in [3.05, 3.63) is 72.4 Å². The lowest BCUT2D eigenvalue weighted by Crippen LogP contribution is -2.14. The summed E-state index contributed by atoms with van der Waals surface area (Å²) < 4.78 is 38.0. The van der Waals surface area contributed by atoms with Gasteiger partial charge in [0.1, 0.15) is 5.82 Å². The van der Waals surface area contributed by atoms with Gasteiger partial charge in [-0.3, -0.25) is 4.72 Å². The summed E-state index contributed by atoms with van der Waals surface area (Å²) in [4.78, 5) is 4.22. The summed E-state index contributed by atoms with van der Waals surface area (Å²) in [6, 6.07) is 17.7. The van der Waals surface area contributed by atoms with Gasteiger partial charge in [-0.05, 0) is 29.8 Å². The molecular formula is C20H21N3O4S. The van der Waals surface area contributed by atoms with E-state index in [0.29, 0.717) is 18.0 Å². The van der Waals surface area contributed by atoms with Gasteiger partial charge in [0, 0.05) is 12.6 Å². The number of hydrogen-bond donors (Lipinski definition) is 2. The van der Waals surface area contributed by atoms with Crippen molar-refractivity contribution in [3.63, 3.8) is 0 Å². The quantitative estimate of drug-likeness (QED) is 0.602. The van der Waals surface area contributed by atoms with Gasteiger partial charge in [0.05, 0.1) is 31.0 Å². The van der Waals surface area contributed by atoms with E-state index in [1.165, 1.54) is 32.4 Å². The molecule has 0 radical (unpaired) electrons. The molecule has 28 heavy (non-hydrogen) atoms. The lowest BCUT2D eigenvalue weighted by Gasteiger charge is -2.12. The fourth-order valence-corrected chi connectivity index (χ4v) is 3.56. The van der Waals surface area contributed by atoms with E-state index in [1.807, 2.05) is 30.3 Å². The van der Waals surface area contributed by atoms with Crippen molar-refractivity contribution < 1.29 is 17.9 Å². The Morgan fingerprint density at radius 1 is 0.929 bits per heavy atom. The van der Waals surface area contributed by atoms with Crippen LogP contribution in [0.4, 0.5) is 11.5 Å². The zero-order chi connectivity index (χ0) is 20.0. The monoisotopic (exact) mass is 399 g/mol. The standard InChI is InChI=1S/C20H21N3O4S/c1-26-18-10-9-17(12-19(18)27-2)28(24,25)23-20-11-8-16(14-22-20)21-13-15-6-4-3-5-7-15/h3-12,14,21H,13H2,1-2H3,(H,22,23). The molecule has 0 amide bonds. The largest absolute Gasteiger partial charge is 0.493 e. The van der Waals surface area contributed by atoms with Gasteiger partial charge < -0.3 is 14.8 Å². The molecule has 0 aliphatic heterocycles. The molecule has 0 bridgehead atoms. The van der Waals surface area contributed by atoms with Gasteiger partial charge in [-0.15, -0.1) is 0 Å². The number of benzene rings is 2. The molecule has 0 fully saturated rings. The molecule has 1 heterocycles. The molecule has 8 heteroatoms. The number of hydrogen-bond acceptors (Lipinski definition) is 6. The molecule has 0 saturated carbocycles. The Morgan fingerprint density at radius 2 is 1.68 bits per heavy atom. The molecular weight excluding hydrogens is 378 g/mol. The third-order valence-electron chi connectivity index (χ3n) is 4.01. The molecule has 3 aromatic rings. The number of nitrogens with zero attached hydrogens (tertiary/aromatic N) is 1. The minimum Gasteiger partial charge on any atom is -0.493 e. The maximum atomic E-state index is 12.6. The third-order valence-corrected chi connectivity index (χ3v) is 5.36. The SMILES string of the molecule is COc1ccc(S(=O)(=O)Nc2ccc(NCc3ccccc3)cn2)cc1OC. The van der Waals surface area contributed by atoms with Gasteiger partial charge in [0.15, 0.2) is 11.5 Å². The van der Waals surface area contributed by atoms with E-state index < -0.39 is 10.0 Å². The second kappa shape index (κ2) is 8.62. The first-order valence-corrected chi connectivity index (χ1v) is 9.99. The molecule has 0 aliphatic carbocycles. The number of pyridine rings is 1. The average Bonchev–Trinajstić information content (AvgIpc) is 2.73. The lowest BCUT2D eigenvalue weighted by atomic mass is 10.2. The molecule has 0 unspecified atom stereocenters. The van der Waals surface area contributed by atoms with Crippen LogP contribution in [0.15, 0.2) is 71.8 Å². The van der Waals surface area contributed by atoms with Crippen LogP contribution in [0.5, 0.6) is 11.5 Å². The van der Waals surface area contributed by atoms with Crippen molar-refractivity contribution in [2.45, 2.75) is 11.4 Å². The first-order chi connectivity index (χ1) is 13.5. The summed E-state index contributed by atoms with van der Waals surface area (Å²) in [5, 5.41) is 3.24. The van der Waals surface area contributed by atoms with Crippen LogP contribution >= 0.6 is 0 Å². The Morgan fingerprint density at radius 3 is 2.32 bits per heavy atom. The lowest BCUT2D eigenvalue weighted by molar-refractivity contribution is 0.354. The smallest absolute Gasteiger partial charge is 0.263 e. The van der Waals surface area contributed by atoms with Crippen LogP contribution in [0, 0.1) is 0 Å². The van der Waals surface area contributed by atoms with Gasteiger partial charge in [-0.2, -0.15) is 0 Å². The highest BCUT2D eigenvalue weighted by Gasteiger charge is 2.17. The summed E-state index contributed by atoms with van der Waals surface area (Å²) in [5.74, 6) is 1.01. The zero-order valence-corrected chi connectivity index (χ0v) is 16.4. The van der Waals surface area contributed by atoms with Gasteiger partial charge in [0.2, 0.25) is 0 Å². The molecule has 0 saturated heterocycles. The first kappa shape index (κ1) is 19.5. The summed E-state index contributed by atoms with van der Waals surface area (Å²) >= 11 is 0. The number of anilines is 2. The van der Waals surface area contributed by atoms with Crippen LogP contribution in [0.3, 0.4) is 0 Å². The Kier molecular flexibility index (Phi) is 6.00. The van der Waals surface area contributed by atoms with Crippen LogP contribution in [-0.4, -0.2) is 27.6 Å². The van der Waals surface area contributed by atoms with Crippen LogP contribution in [0.25, 0.3) is 0 Å². The van der Waals surface area contributed by atoms with Crippen LogP contribution in [-0.2, 0) is 16.6 Å². The molecule has 0 spiro atoms. The van der Waals surface area contributed by atoms with Gasteiger partial charge in [-0.1, -0.05) is 30.3 Å². The highest BCUT2D eigenvalue weighted by atomic mass is 32.2. The van der Waals surface area contributed by atoms with E-state index in [1.54, 1.807) is 18.3 Å². The Hall–Kier alpha value is -3.26. The van der Waals surface area contributed by atoms with Crippen LogP contribution < -0.4 is 19.5 Å². The molecule has 2 aromatic carbocycles. The van der Waals surface area contributed by atoms with Crippen molar-refractivity contribution >= 4 is 21.5 Å². The van der Waals surface area contributed by atoms with Crippen molar-refractivity contribution in [1.29, 1.82) is 0 Å². The van der Waals surface area contributed by atoms with E-state index in [4.69, 9.17) is 9.47 Å². The topological polar surface area (TPSA) is 89.6 Å². The summed E-state index contributed by atoms with van der Waals surface area (Å²) in [5.41, 5.74) is 1.93. The van der Waals surface area contributed by atoms with Crippen LogP contribution in [0.2, 0.25) is 0 Å². The number of methoxy groups -OCH3 is 2. The maximum Gasteiger partial charge on any atom is 0.263 e. The highest BCUT2D eigenvalue weighted by Crippen LogP contribution is 2.30. The molecule has 3 rings (SSSR count). The predicted molar refractivity (Wildman–Crippen MR) is 108 cm³/mol. The van der Waals surface area contributed by atoms with E-state index >= 15 is 0 Å². The van der Waals surface area contributed by atoms with E-state index in [2.05, 4.69) is 15.0 Å². The average molecular weight is 399 g/mol. The van der Waals surface area contributed by atoms with Crippen molar-refractivity contribution in [3.8, 4) is 11.5 Å². The number of ether oxygens (including phenoxy) is 2. The van der Waals surface area contributed by atoms with E-state index in [9.17, 15) is 8.42 Å². The summed E-state index contributed by atoms with van der Waals surface area (Å²) in [6.45, 7) is 0.652. The van der Waals surface area contributed by atoms with Gasteiger partial charge >= 0.3 is 0 Å². The van der Waals surface area contributed by atoms with Crippen LogP contribution in [0.1, 0.15) is 5.56 Å². The molecule has 2 N–H and O–H groups in total. The fourth-order valence-electron chi connectivity index (χ4n) is 2.54. The number of rotatable bonds is 8. The highest BCUT2D eigenvalue weighted by molar-refractivity contribution is 7.92. The summed E-state index contributed by atoms with van der Waals surface area (Å²) in [6.07, 6.45) is 1.58. The van der Waals surface area contributed by atoms with Gasteiger partial charge in [-0.25, -0.2) is 13.4 Å². The minimum atomic E-state index is -3.81. The fraction of sp³-hybridized carbons (Fsp3) is 0.150. The van der Waals surface area contributed by atoms with E-state index in [-0.39, 0.29) is 10.7 Å². The molecule has 7 nitrogen and oxygen atoms in total. The number of sulfonamides is 1. The van der Waals surface area contributed by atoms with Crippen molar-refractivity contribution in [2.24, 2.45) is 0 Å². The van der Waals surface area contributed by atoms with E-state index in [0.717, 1.165) is 11.3 Å². The Bertz CT molecular complexity index is 1020. The zero-order valence-electron chi connectivity index (χ0n) is 15.5. The molecule has 0 atom stereocenters. The Balaban J connectivity index is 1.69. The molecule has 146 valence electrons. The molecule has 0 aliphatic rings.